The molecular weight excluding hydrogens is 473 g/mol. The number of carbonyl (C=O) groups is 2. The standard InChI is InChI=1S/C29H34FN3O4/c30-26-11-9-24(10-12-26)20-28(34)32(14-5-13-31-15-18-36-19-16-31)23-29(35)33(22-27-8-4-17-37-27)21-25-6-2-1-3-7-25/h1-4,6-12,17H,5,13-16,18-23H2. The minimum Gasteiger partial charge on any atom is -0.467 e. The average Bonchev–Trinajstić information content (AvgIpc) is 3.43. The van der Waals surface area contributed by atoms with E-state index >= 15 is 0 Å². The number of amides is 2. The Kier molecular flexibility index (Phi) is 9.85. The van der Waals surface area contributed by atoms with E-state index < -0.39 is 0 Å². The first-order valence-electron chi connectivity index (χ1n) is 12.7. The second kappa shape index (κ2) is 13.7. The van der Waals surface area contributed by atoms with Crippen molar-refractivity contribution in [3.05, 3.63) is 95.7 Å². The highest BCUT2D eigenvalue weighted by Crippen LogP contribution is 2.13. The Morgan fingerprint density at radius 3 is 2.30 bits per heavy atom. The molecule has 0 radical (unpaired) electrons. The summed E-state index contributed by atoms with van der Waals surface area (Å²) >= 11 is 0. The second-order valence-corrected chi connectivity index (χ2v) is 9.24. The molecule has 0 bridgehead atoms. The smallest absolute Gasteiger partial charge is 0.242 e. The highest BCUT2D eigenvalue weighted by atomic mass is 19.1. The van der Waals surface area contributed by atoms with E-state index in [4.69, 9.17) is 9.15 Å². The van der Waals surface area contributed by atoms with E-state index in [0.717, 1.165) is 31.6 Å². The molecule has 4 rings (SSSR count). The summed E-state index contributed by atoms with van der Waals surface area (Å²) in [6.07, 6.45) is 2.45. The van der Waals surface area contributed by atoms with E-state index in [1.165, 1.54) is 12.1 Å². The molecule has 2 aromatic carbocycles. The maximum absolute atomic E-state index is 13.6. The molecule has 0 spiro atoms. The molecule has 0 atom stereocenters. The predicted octanol–water partition coefficient (Wildman–Crippen LogP) is 3.74. The summed E-state index contributed by atoms with van der Waals surface area (Å²) in [5.41, 5.74) is 1.72. The predicted molar refractivity (Wildman–Crippen MR) is 138 cm³/mol. The van der Waals surface area contributed by atoms with Gasteiger partial charge in [0, 0.05) is 32.7 Å². The van der Waals surface area contributed by atoms with E-state index in [9.17, 15) is 14.0 Å². The van der Waals surface area contributed by atoms with Crippen LogP contribution in [0.1, 0.15) is 23.3 Å². The molecule has 1 aliphatic rings. The zero-order valence-corrected chi connectivity index (χ0v) is 21.1. The van der Waals surface area contributed by atoms with Crippen molar-refractivity contribution in [2.24, 2.45) is 0 Å². The van der Waals surface area contributed by atoms with Crippen LogP contribution in [0.3, 0.4) is 0 Å². The second-order valence-electron chi connectivity index (χ2n) is 9.24. The van der Waals surface area contributed by atoms with Gasteiger partial charge in [-0.3, -0.25) is 14.5 Å². The molecule has 196 valence electrons. The number of morpholine rings is 1. The van der Waals surface area contributed by atoms with Crippen molar-refractivity contribution >= 4 is 11.8 Å². The van der Waals surface area contributed by atoms with E-state index in [1.807, 2.05) is 36.4 Å². The summed E-state index contributed by atoms with van der Waals surface area (Å²) in [5.74, 6) is 0.0303. The number of furan rings is 1. The fourth-order valence-electron chi connectivity index (χ4n) is 4.38. The van der Waals surface area contributed by atoms with E-state index in [0.29, 0.717) is 44.2 Å². The van der Waals surface area contributed by atoms with Gasteiger partial charge >= 0.3 is 0 Å². The van der Waals surface area contributed by atoms with Crippen LogP contribution in [0, 0.1) is 5.82 Å². The quantitative estimate of drug-likeness (QED) is 0.374. The molecule has 0 aliphatic carbocycles. The first kappa shape index (κ1) is 26.6. The maximum Gasteiger partial charge on any atom is 0.242 e. The molecule has 7 nitrogen and oxygen atoms in total. The molecule has 1 fully saturated rings. The van der Waals surface area contributed by atoms with Crippen LogP contribution in [0.25, 0.3) is 0 Å². The molecular formula is C29H34FN3O4. The zero-order valence-electron chi connectivity index (χ0n) is 21.1. The number of hydrogen-bond acceptors (Lipinski definition) is 5. The highest BCUT2D eigenvalue weighted by Gasteiger charge is 2.23. The highest BCUT2D eigenvalue weighted by molar-refractivity contribution is 5.86. The Hall–Kier alpha value is -3.49. The van der Waals surface area contributed by atoms with Gasteiger partial charge in [0.2, 0.25) is 11.8 Å². The van der Waals surface area contributed by atoms with Crippen molar-refractivity contribution in [2.75, 3.05) is 45.9 Å². The van der Waals surface area contributed by atoms with Crippen LogP contribution in [0.15, 0.2) is 77.4 Å². The Balaban J connectivity index is 1.45. The van der Waals surface area contributed by atoms with Crippen molar-refractivity contribution < 1.29 is 23.1 Å². The van der Waals surface area contributed by atoms with E-state index in [1.54, 1.807) is 34.3 Å². The third-order valence-electron chi connectivity index (χ3n) is 6.45. The van der Waals surface area contributed by atoms with Gasteiger partial charge in [0.05, 0.1) is 39.0 Å². The molecule has 1 saturated heterocycles. The summed E-state index contributed by atoms with van der Waals surface area (Å²) < 4.78 is 24.3. The summed E-state index contributed by atoms with van der Waals surface area (Å²) in [6, 6.07) is 19.3. The van der Waals surface area contributed by atoms with E-state index in [2.05, 4.69) is 4.90 Å². The van der Waals surface area contributed by atoms with Crippen LogP contribution in [0.2, 0.25) is 0 Å². The Bertz CT molecular complexity index is 1100. The fourth-order valence-corrected chi connectivity index (χ4v) is 4.38. The molecule has 3 aromatic rings. The first-order valence-corrected chi connectivity index (χ1v) is 12.7. The van der Waals surface area contributed by atoms with Crippen LogP contribution in [0.5, 0.6) is 0 Å². The first-order chi connectivity index (χ1) is 18.1. The lowest BCUT2D eigenvalue weighted by molar-refractivity contribution is -0.141. The maximum atomic E-state index is 13.6. The van der Waals surface area contributed by atoms with Gasteiger partial charge in [-0.15, -0.1) is 0 Å². The summed E-state index contributed by atoms with van der Waals surface area (Å²) in [6.45, 7) is 5.16. The molecule has 0 saturated carbocycles. The van der Waals surface area contributed by atoms with Gasteiger partial charge in [-0.2, -0.15) is 0 Å². The van der Waals surface area contributed by atoms with Gasteiger partial charge in [0.15, 0.2) is 0 Å². The lowest BCUT2D eigenvalue weighted by Crippen LogP contribution is -2.44. The normalized spacial score (nSPS) is 13.9. The molecule has 2 amide bonds. The van der Waals surface area contributed by atoms with Crippen molar-refractivity contribution in [3.63, 3.8) is 0 Å². The number of nitrogens with zero attached hydrogens (tertiary/aromatic N) is 3. The topological polar surface area (TPSA) is 66.2 Å². The average molecular weight is 508 g/mol. The number of halogens is 1. The van der Waals surface area contributed by atoms with Crippen molar-refractivity contribution in [3.8, 4) is 0 Å². The molecule has 0 N–H and O–H groups in total. The van der Waals surface area contributed by atoms with Gasteiger partial charge in [-0.1, -0.05) is 42.5 Å². The van der Waals surface area contributed by atoms with Crippen LogP contribution in [-0.4, -0.2) is 72.5 Å². The summed E-state index contributed by atoms with van der Waals surface area (Å²) in [7, 11) is 0. The lowest BCUT2D eigenvalue weighted by atomic mass is 10.1. The Labute approximate surface area is 217 Å². The number of ether oxygens (including phenoxy) is 1. The SMILES string of the molecule is O=C(Cc1ccc(F)cc1)N(CCCN1CCOCC1)CC(=O)N(Cc1ccccc1)Cc1ccco1. The van der Waals surface area contributed by atoms with Gasteiger partial charge in [0.1, 0.15) is 11.6 Å². The minimum atomic E-state index is -0.344. The number of benzene rings is 2. The van der Waals surface area contributed by atoms with Crippen molar-refractivity contribution in [1.29, 1.82) is 0 Å². The van der Waals surface area contributed by atoms with Gasteiger partial charge in [-0.25, -0.2) is 4.39 Å². The number of carbonyl (C=O) groups excluding carboxylic acids is 2. The third-order valence-corrected chi connectivity index (χ3v) is 6.45. The van der Waals surface area contributed by atoms with Gasteiger partial charge in [0.25, 0.3) is 0 Å². The zero-order chi connectivity index (χ0) is 25.9. The molecule has 2 heterocycles. The molecule has 8 heteroatoms. The van der Waals surface area contributed by atoms with Crippen LogP contribution in [0.4, 0.5) is 4.39 Å². The molecule has 1 aliphatic heterocycles. The molecule has 37 heavy (non-hydrogen) atoms. The number of hydrogen-bond donors (Lipinski definition) is 0. The fraction of sp³-hybridized carbons (Fsp3) is 0.379. The van der Waals surface area contributed by atoms with Crippen LogP contribution < -0.4 is 0 Å². The third kappa shape index (κ3) is 8.55. The largest absolute Gasteiger partial charge is 0.467 e. The lowest BCUT2D eigenvalue weighted by Gasteiger charge is -2.30. The monoisotopic (exact) mass is 507 g/mol. The molecule has 1 aromatic heterocycles. The molecule has 0 unspecified atom stereocenters. The van der Waals surface area contributed by atoms with Gasteiger partial charge in [-0.05, 0) is 41.8 Å². The minimum absolute atomic E-state index is 0.0311. The van der Waals surface area contributed by atoms with Crippen molar-refractivity contribution in [1.82, 2.24) is 14.7 Å². The Morgan fingerprint density at radius 2 is 1.59 bits per heavy atom. The van der Waals surface area contributed by atoms with Gasteiger partial charge < -0.3 is 19.0 Å². The van der Waals surface area contributed by atoms with Crippen LogP contribution in [-0.2, 0) is 33.8 Å². The van der Waals surface area contributed by atoms with E-state index in [-0.39, 0.29) is 30.6 Å². The number of rotatable bonds is 12. The Morgan fingerprint density at radius 1 is 0.838 bits per heavy atom. The van der Waals surface area contributed by atoms with Crippen LogP contribution >= 0.6 is 0 Å². The summed E-state index contributed by atoms with van der Waals surface area (Å²) in [5, 5.41) is 0. The summed E-state index contributed by atoms with van der Waals surface area (Å²) in [4.78, 5) is 32.5. The van der Waals surface area contributed by atoms with Crippen molar-refractivity contribution in [2.45, 2.75) is 25.9 Å².